The van der Waals surface area contributed by atoms with Crippen molar-refractivity contribution >= 4 is 33.5 Å². The summed E-state index contributed by atoms with van der Waals surface area (Å²) in [5.41, 5.74) is 1.65. The second kappa shape index (κ2) is 6.42. The third kappa shape index (κ3) is 3.62. The molecular weight excluding hydrogens is 340 g/mol. The zero-order valence-corrected chi connectivity index (χ0v) is 13.5. The Hall–Kier alpha value is -1.32. The molecule has 0 unspecified atom stereocenters. The van der Waals surface area contributed by atoms with Crippen LogP contribution < -0.4 is 4.74 Å². The highest BCUT2D eigenvalue weighted by Gasteiger charge is 2.12. The summed E-state index contributed by atoms with van der Waals surface area (Å²) < 4.78 is 6.15. The maximum absolute atomic E-state index is 12.0. The molecule has 0 amide bonds. The van der Waals surface area contributed by atoms with Crippen molar-refractivity contribution in [3.8, 4) is 5.75 Å². The highest BCUT2D eigenvalue weighted by atomic mass is 79.9. The minimum absolute atomic E-state index is 0.403. The van der Waals surface area contributed by atoms with Gasteiger partial charge in [-0.25, -0.2) is 4.79 Å². The Morgan fingerprint density at radius 3 is 2.35 bits per heavy atom. The lowest BCUT2D eigenvalue weighted by atomic mass is 10.0. The van der Waals surface area contributed by atoms with Crippen molar-refractivity contribution in [1.82, 2.24) is 0 Å². The Balaban J connectivity index is 2.17. The molecule has 0 aliphatic heterocycles. The molecule has 0 spiro atoms. The molecule has 0 atom stereocenters. The third-order valence-corrected chi connectivity index (χ3v) is 3.78. The minimum Gasteiger partial charge on any atom is -0.422 e. The molecule has 0 aliphatic rings. The number of halogens is 2. The van der Waals surface area contributed by atoms with E-state index in [0.717, 1.165) is 4.47 Å². The first kappa shape index (κ1) is 15.1. The number of hydrogen-bond donors (Lipinski definition) is 0. The van der Waals surface area contributed by atoms with E-state index >= 15 is 0 Å². The van der Waals surface area contributed by atoms with Gasteiger partial charge < -0.3 is 4.74 Å². The van der Waals surface area contributed by atoms with Crippen molar-refractivity contribution in [1.29, 1.82) is 0 Å². The molecule has 2 aromatic carbocycles. The van der Waals surface area contributed by atoms with Gasteiger partial charge in [-0.3, -0.25) is 0 Å². The Bertz CT molecular complexity index is 621. The molecular formula is C16H14BrClO2. The first-order chi connectivity index (χ1) is 9.47. The summed E-state index contributed by atoms with van der Waals surface area (Å²) in [6.45, 7) is 4.22. The Morgan fingerprint density at radius 2 is 1.80 bits per heavy atom. The van der Waals surface area contributed by atoms with Crippen LogP contribution in [0, 0.1) is 0 Å². The van der Waals surface area contributed by atoms with Gasteiger partial charge in [0.15, 0.2) is 0 Å². The van der Waals surface area contributed by atoms with E-state index in [0.29, 0.717) is 22.3 Å². The maximum atomic E-state index is 12.0. The van der Waals surface area contributed by atoms with E-state index in [1.165, 1.54) is 5.56 Å². The molecule has 4 heteroatoms. The predicted octanol–water partition coefficient (Wildman–Crippen LogP) is 5.45. The number of esters is 1. The molecule has 20 heavy (non-hydrogen) atoms. The topological polar surface area (TPSA) is 26.3 Å². The second-order valence-corrected chi connectivity index (χ2v) is 6.03. The summed E-state index contributed by atoms with van der Waals surface area (Å²) in [7, 11) is 0. The summed E-state index contributed by atoms with van der Waals surface area (Å²) in [6, 6.07) is 12.3. The van der Waals surface area contributed by atoms with E-state index in [4.69, 9.17) is 16.3 Å². The fraction of sp³-hybridized carbons (Fsp3) is 0.188. The van der Waals surface area contributed by atoms with Crippen LogP contribution in [0.5, 0.6) is 5.75 Å². The summed E-state index contributed by atoms with van der Waals surface area (Å²) in [5.74, 6) is 0.529. The molecule has 0 fully saturated rings. The molecule has 0 saturated carbocycles. The fourth-order valence-corrected chi connectivity index (χ4v) is 2.31. The van der Waals surface area contributed by atoms with Gasteiger partial charge in [0.1, 0.15) is 5.75 Å². The van der Waals surface area contributed by atoms with Crippen molar-refractivity contribution in [2.24, 2.45) is 0 Å². The molecule has 2 aromatic rings. The lowest BCUT2D eigenvalue weighted by Gasteiger charge is -2.10. The summed E-state index contributed by atoms with van der Waals surface area (Å²) in [6.07, 6.45) is 0. The largest absolute Gasteiger partial charge is 0.422 e. The monoisotopic (exact) mass is 352 g/mol. The first-order valence-electron chi connectivity index (χ1n) is 6.24. The Morgan fingerprint density at radius 1 is 1.15 bits per heavy atom. The standard InChI is InChI=1S/C16H14BrClO2/c1-10(2)12-5-8-15(14(17)9-12)20-16(19)11-3-6-13(18)7-4-11/h3-10H,1-2H3. The fourth-order valence-electron chi connectivity index (χ4n) is 1.70. The molecule has 0 aliphatic carbocycles. The number of benzene rings is 2. The molecule has 2 nitrogen and oxygen atoms in total. The van der Waals surface area contributed by atoms with Crippen LogP contribution >= 0.6 is 27.5 Å². The van der Waals surface area contributed by atoms with Crippen molar-refractivity contribution < 1.29 is 9.53 Å². The molecule has 104 valence electrons. The van der Waals surface area contributed by atoms with Crippen molar-refractivity contribution in [2.75, 3.05) is 0 Å². The van der Waals surface area contributed by atoms with Crippen LogP contribution in [0.3, 0.4) is 0 Å². The number of carbonyl (C=O) groups excluding carboxylic acids is 1. The quantitative estimate of drug-likeness (QED) is 0.542. The first-order valence-corrected chi connectivity index (χ1v) is 7.41. The molecule has 0 radical (unpaired) electrons. The van der Waals surface area contributed by atoms with Crippen molar-refractivity contribution in [3.63, 3.8) is 0 Å². The van der Waals surface area contributed by atoms with Crippen LogP contribution in [0.4, 0.5) is 0 Å². The van der Waals surface area contributed by atoms with Crippen molar-refractivity contribution in [2.45, 2.75) is 19.8 Å². The van der Waals surface area contributed by atoms with Crippen LogP contribution in [0.1, 0.15) is 35.7 Å². The van der Waals surface area contributed by atoms with Gasteiger partial charge in [-0.05, 0) is 63.8 Å². The minimum atomic E-state index is -0.403. The van der Waals surface area contributed by atoms with Gasteiger partial charge in [-0.2, -0.15) is 0 Å². The lowest BCUT2D eigenvalue weighted by Crippen LogP contribution is -2.08. The van der Waals surface area contributed by atoms with Crippen LogP contribution in [0.2, 0.25) is 5.02 Å². The molecule has 0 aromatic heterocycles. The van der Waals surface area contributed by atoms with Crippen LogP contribution in [0.25, 0.3) is 0 Å². The second-order valence-electron chi connectivity index (χ2n) is 4.74. The van der Waals surface area contributed by atoms with E-state index in [1.807, 2.05) is 12.1 Å². The van der Waals surface area contributed by atoms with E-state index in [9.17, 15) is 4.79 Å². The van der Waals surface area contributed by atoms with Gasteiger partial charge in [0.25, 0.3) is 0 Å². The van der Waals surface area contributed by atoms with Gasteiger partial charge in [-0.1, -0.05) is 31.5 Å². The van der Waals surface area contributed by atoms with Gasteiger partial charge in [-0.15, -0.1) is 0 Å². The molecule has 0 heterocycles. The highest BCUT2D eigenvalue weighted by molar-refractivity contribution is 9.10. The van der Waals surface area contributed by atoms with Gasteiger partial charge >= 0.3 is 5.97 Å². The average Bonchev–Trinajstić information content (AvgIpc) is 2.41. The lowest BCUT2D eigenvalue weighted by molar-refractivity contribution is 0.0733. The number of ether oxygens (including phenoxy) is 1. The predicted molar refractivity (Wildman–Crippen MR) is 84.6 cm³/mol. The summed E-state index contributed by atoms with van der Waals surface area (Å²) >= 11 is 9.22. The Kier molecular flexibility index (Phi) is 4.84. The van der Waals surface area contributed by atoms with Crippen LogP contribution in [-0.2, 0) is 0 Å². The SMILES string of the molecule is CC(C)c1ccc(OC(=O)c2ccc(Cl)cc2)c(Br)c1. The zero-order valence-electron chi connectivity index (χ0n) is 11.2. The zero-order chi connectivity index (χ0) is 14.7. The van der Waals surface area contributed by atoms with E-state index in [2.05, 4.69) is 29.8 Å². The Labute approximate surface area is 131 Å². The maximum Gasteiger partial charge on any atom is 0.343 e. The van der Waals surface area contributed by atoms with Crippen LogP contribution in [0.15, 0.2) is 46.9 Å². The smallest absolute Gasteiger partial charge is 0.343 e. The molecule has 2 rings (SSSR count). The van der Waals surface area contributed by atoms with Gasteiger partial charge in [0, 0.05) is 5.02 Å². The molecule has 0 saturated heterocycles. The van der Waals surface area contributed by atoms with Crippen molar-refractivity contribution in [3.05, 3.63) is 63.1 Å². The van der Waals surface area contributed by atoms with Gasteiger partial charge in [0.2, 0.25) is 0 Å². The molecule has 0 bridgehead atoms. The van der Waals surface area contributed by atoms with E-state index < -0.39 is 5.97 Å². The molecule has 0 N–H and O–H groups in total. The van der Waals surface area contributed by atoms with Crippen LogP contribution in [-0.4, -0.2) is 5.97 Å². The normalized spacial score (nSPS) is 10.7. The highest BCUT2D eigenvalue weighted by Crippen LogP contribution is 2.29. The van der Waals surface area contributed by atoms with Gasteiger partial charge in [0.05, 0.1) is 10.0 Å². The average molecular weight is 354 g/mol. The van der Waals surface area contributed by atoms with E-state index in [-0.39, 0.29) is 0 Å². The van der Waals surface area contributed by atoms with E-state index in [1.54, 1.807) is 30.3 Å². The third-order valence-electron chi connectivity index (χ3n) is 2.91. The summed E-state index contributed by atoms with van der Waals surface area (Å²) in [4.78, 5) is 12.0. The summed E-state index contributed by atoms with van der Waals surface area (Å²) in [5, 5.41) is 0.587. The number of carbonyl (C=O) groups is 1. The number of rotatable bonds is 3. The number of hydrogen-bond acceptors (Lipinski definition) is 2.